The molecule has 2 aliphatic rings. The lowest BCUT2D eigenvalue weighted by atomic mass is 9.74. The highest BCUT2D eigenvalue weighted by Gasteiger charge is 2.50. The van der Waals surface area contributed by atoms with Crippen LogP contribution < -0.4 is 0 Å². The molecule has 2 rings (SSSR count). The zero-order valence-electron chi connectivity index (χ0n) is 11.5. The van der Waals surface area contributed by atoms with Crippen LogP contribution in [0.3, 0.4) is 0 Å². The van der Waals surface area contributed by atoms with E-state index in [1.807, 2.05) is 6.08 Å². The third-order valence-electron chi connectivity index (χ3n) is 4.76. The molecule has 0 aromatic heterocycles. The summed E-state index contributed by atoms with van der Waals surface area (Å²) in [5.74, 6) is 0.524. The minimum atomic E-state index is -0.337. The first kappa shape index (κ1) is 13.6. The molecule has 3 nitrogen and oxygen atoms in total. The number of rotatable bonds is 4. The molecule has 18 heavy (non-hydrogen) atoms. The standard InChI is InChI=1S/C15H25NO2/c1-4-7-12-10(5-2)15(18)11(6-3)13-8-9-14(17)16(12)13/h5,10-13,15,18H,2,4,6-9H2,1,3H3/t10-,11+,12-,13+,15-/m1/s1. The molecule has 0 aromatic carbocycles. The lowest BCUT2D eigenvalue weighted by molar-refractivity contribution is -0.141. The van der Waals surface area contributed by atoms with Gasteiger partial charge in [-0.1, -0.05) is 26.3 Å². The number of fused-ring (bicyclic) bond motifs is 1. The van der Waals surface area contributed by atoms with Crippen LogP contribution in [0.5, 0.6) is 0 Å². The summed E-state index contributed by atoms with van der Waals surface area (Å²) in [4.78, 5) is 14.2. The van der Waals surface area contributed by atoms with Crippen LogP contribution in [-0.2, 0) is 4.79 Å². The molecule has 2 heterocycles. The molecule has 2 saturated heterocycles. The van der Waals surface area contributed by atoms with Crippen molar-refractivity contribution in [2.24, 2.45) is 11.8 Å². The molecule has 0 unspecified atom stereocenters. The number of hydrogen-bond acceptors (Lipinski definition) is 2. The Hall–Kier alpha value is -0.830. The summed E-state index contributed by atoms with van der Waals surface area (Å²) in [5, 5.41) is 10.5. The van der Waals surface area contributed by atoms with Crippen molar-refractivity contribution in [2.75, 3.05) is 0 Å². The zero-order chi connectivity index (χ0) is 13.3. The van der Waals surface area contributed by atoms with Crippen LogP contribution in [0.25, 0.3) is 0 Å². The Balaban J connectivity index is 2.32. The van der Waals surface area contributed by atoms with Crippen LogP contribution in [0.4, 0.5) is 0 Å². The lowest BCUT2D eigenvalue weighted by Gasteiger charge is -2.49. The molecule has 2 aliphatic heterocycles. The summed E-state index contributed by atoms with van der Waals surface area (Å²) in [6, 6.07) is 0.413. The molecule has 3 heteroatoms. The summed E-state index contributed by atoms with van der Waals surface area (Å²) in [5.41, 5.74) is 0. The van der Waals surface area contributed by atoms with E-state index in [-0.39, 0.29) is 35.9 Å². The fourth-order valence-corrected chi connectivity index (χ4v) is 3.94. The number of carbonyl (C=O) groups is 1. The molecule has 0 spiro atoms. The molecular formula is C15H25NO2. The van der Waals surface area contributed by atoms with Gasteiger partial charge in [0.05, 0.1) is 6.10 Å². The number of aliphatic hydroxyl groups is 1. The Labute approximate surface area is 110 Å². The molecule has 2 fully saturated rings. The van der Waals surface area contributed by atoms with Crippen LogP contribution in [0, 0.1) is 11.8 Å². The van der Waals surface area contributed by atoms with Gasteiger partial charge in [-0.05, 0) is 19.3 Å². The average Bonchev–Trinajstić information content (AvgIpc) is 2.72. The molecular weight excluding hydrogens is 226 g/mol. The van der Waals surface area contributed by atoms with E-state index in [0.717, 1.165) is 25.7 Å². The minimum absolute atomic E-state index is 0.0354. The van der Waals surface area contributed by atoms with E-state index < -0.39 is 0 Å². The van der Waals surface area contributed by atoms with E-state index >= 15 is 0 Å². The third-order valence-corrected chi connectivity index (χ3v) is 4.76. The quantitative estimate of drug-likeness (QED) is 0.779. The van der Waals surface area contributed by atoms with Crippen LogP contribution >= 0.6 is 0 Å². The van der Waals surface area contributed by atoms with Crippen LogP contribution in [0.1, 0.15) is 46.0 Å². The van der Waals surface area contributed by atoms with E-state index in [0.29, 0.717) is 6.42 Å². The van der Waals surface area contributed by atoms with Crippen molar-refractivity contribution in [3.05, 3.63) is 12.7 Å². The summed E-state index contributed by atoms with van der Waals surface area (Å²) in [6.07, 6.45) is 6.02. The molecule has 1 amide bonds. The third kappa shape index (κ3) is 1.99. The molecule has 0 aromatic rings. The number of hydrogen-bond donors (Lipinski definition) is 1. The highest BCUT2D eigenvalue weighted by Crippen LogP contribution is 2.42. The van der Waals surface area contributed by atoms with Gasteiger partial charge >= 0.3 is 0 Å². The Morgan fingerprint density at radius 1 is 1.50 bits per heavy atom. The second kappa shape index (κ2) is 5.43. The van der Waals surface area contributed by atoms with E-state index in [4.69, 9.17) is 0 Å². The minimum Gasteiger partial charge on any atom is -0.392 e. The van der Waals surface area contributed by atoms with Gasteiger partial charge < -0.3 is 10.0 Å². The fourth-order valence-electron chi connectivity index (χ4n) is 3.94. The molecule has 5 atom stereocenters. The number of aliphatic hydroxyl groups excluding tert-OH is 1. The summed E-state index contributed by atoms with van der Waals surface area (Å²) in [6.45, 7) is 8.12. The topological polar surface area (TPSA) is 40.5 Å². The predicted octanol–water partition coefficient (Wildman–Crippen LogP) is 2.35. The zero-order valence-corrected chi connectivity index (χ0v) is 11.5. The first-order valence-corrected chi connectivity index (χ1v) is 7.27. The SMILES string of the molecule is C=C[C@H]1[C@@H](O)[C@@H](CC)[C@@H]2CCC(=O)N2[C@@H]1CCC. The first-order valence-electron chi connectivity index (χ1n) is 7.27. The number of amides is 1. The van der Waals surface area contributed by atoms with Gasteiger partial charge in [-0.2, -0.15) is 0 Å². The lowest BCUT2D eigenvalue weighted by Crippen LogP contribution is -2.59. The Morgan fingerprint density at radius 3 is 2.78 bits per heavy atom. The van der Waals surface area contributed by atoms with Crippen molar-refractivity contribution in [3.63, 3.8) is 0 Å². The van der Waals surface area contributed by atoms with Gasteiger partial charge in [0.2, 0.25) is 5.91 Å². The second-order valence-corrected chi connectivity index (χ2v) is 5.64. The van der Waals surface area contributed by atoms with Crippen molar-refractivity contribution in [3.8, 4) is 0 Å². The van der Waals surface area contributed by atoms with Gasteiger partial charge in [0, 0.05) is 30.3 Å². The molecule has 0 saturated carbocycles. The number of piperidine rings is 1. The van der Waals surface area contributed by atoms with E-state index in [9.17, 15) is 9.90 Å². The van der Waals surface area contributed by atoms with Gasteiger partial charge in [0.1, 0.15) is 0 Å². The van der Waals surface area contributed by atoms with Crippen LogP contribution in [0.2, 0.25) is 0 Å². The highest BCUT2D eigenvalue weighted by atomic mass is 16.3. The number of carbonyl (C=O) groups excluding carboxylic acids is 1. The van der Waals surface area contributed by atoms with E-state index in [2.05, 4.69) is 25.3 Å². The summed E-state index contributed by atoms with van der Waals surface area (Å²) < 4.78 is 0. The Bertz CT molecular complexity index is 328. The molecule has 0 radical (unpaired) electrons. The summed E-state index contributed by atoms with van der Waals surface area (Å²) in [7, 11) is 0. The van der Waals surface area contributed by atoms with Gasteiger partial charge in [-0.3, -0.25) is 4.79 Å². The van der Waals surface area contributed by atoms with E-state index in [1.54, 1.807) is 0 Å². The van der Waals surface area contributed by atoms with Gasteiger partial charge in [0.25, 0.3) is 0 Å². The summed E-state index contributed by atoms with van der Waals surface area (Å²) >= 11 is 0. The average molecular weight is 251 g/mol. The molecule has 0 aliphatic carbocycles. The second-order valence-electron chi connectivity index (χ2n) is 5.64. The maximum Gasteiger partial charge on any atom is 0.223 e. The van der Waals surface area contributed by atoms with Gasteiger partial charge in [0.15, 0.2) is 0 Å². The van der Waals surface area contributed by atoms with Crippen LogP contribution in [0.15, 0.2) is 12.7 Å². The monoisotopic (exact) mass is 251 g/mol. The smallest absolute Gasteiger partial charge is 0.223 e. The Morgan fingerprint density at radius 2 is 2.22 bits per heavy atom. The van der Waals surface area contributed by atoms with Gasteiger partial charge in [-0.25, -0.2) is 0 Å². The van der Waals surface area contributed by atoms with Crippen molar-refractivity contribution in [1.29, 1.82) is 0 Å². The normalized spacial score (nSPS) is 39.8. The van der Waals surface area contributed by atoms with Crippen molar-refractivity contribution < 1.29 is 9.90 Å². The van der Waals surface area contributed by atoms with Crippen molar-refractivity contribution >= 4 is 5.91 Å². The molecule has 102 valence electrons. The maximum absolute atomic E-state index is 12.1. The van der Waals surface area contributed by atoms with Crippen LogP contribution in [-0.4, -0.2) is 34.1 Å². The van der Waals surface area contributed by atoms with E-state index in [1.165, 1.54) is 0 Å². The Kier molecular flexibility index (Phi) is 4.10. The van der Waals surface area contributed by atoms with Crippen molar-refractivity contribution in [2.45, 2.75) is 64.1 Å². The highest BCUT2D eigenvalue weighted by molar-refractivity contribution is 5.79. The molecule has 0 bridgehead atoms. The fraction of sp³-hybridized carbons (Fsp3) is 0.800. The first-order chi connectivity index (χ1) is 8.65. The van der Waals surface area contributed by atoms with Gasteiger partial charge in [-0.15, -0.1) is 6.58 Å². The predicted molar refractivity (Wildman–Crippen MR) is 72.0 cm³/mol. The largest absolute Gasteiger partial charge is 0.392 e. The molecule has 1 N–H and O–H groups in total. The van der Waals surface area contributed by atoms with Crippen molar-refractivity contribution in [1.82, 2.24) is 4.90 Å². The number of nitrogens with zero attached hydrogens (tertiary/aromatic N) is 1. The maximum atomic E-state index is 12.1.